The molecular weight excluding hydrogens is 803 g/mol. The Balaban J connectivity index is 0.998. The molecule has 13 rings (SSSR count). The number of fused-ring (bicyclic) bond motifs is 4. The zero-order valence-corrected chi connectivity index (χ0v) is 35.8. The SMILES string of the molecule is c1ccc(-c2nc(-c3ccccc3)nc(-c3ccc4c5cc6ccc7c(-c8ccc(N(c9ccccc9)c9ccccc9)cc8)ccc8ccc(c6c87)c5n(-c5ccccc5)c4c3)n2)cc1. The van der Waals surface area contributed by atoms with Crippen LogP contribution in [0.3, 0.4) is 0 Å². The predicted octanol–water partition coefficient (Wildman–Crippen LogP) is 16.0. The molecule has 11 aromatic carbocycles. The predicted molar refractivity (Wildman–Crippen MR) is 274 cm³/mol. The van der Waals surface area contributed by atoms with E-state index < -0.39 is 0 Å². The van der Waals surface area contributed by atoms with Crippen LogP contribution in [0.1, 0.15) is 0 Å². The minimum atomic E-state index is 0.630. The van der Waals surface area contributed by atoms with Crippen LogP contribution in [-0.2, 0) is 0 Å². The maximum atomic E-state index is 5.11. The van der Waals surface area contributed by atoms with Gasteiger partial charge in [0, 0.05) is 55.6 Å². The first kappa shape index (κ1) is 37.6. The average Bonchev–Trinajstić information content (AvgIpc) is 3.73. The number of benzene rings is 11. The molecule has 2 aromatic heterocycles. The Morgan fingerprint density at radius 3 is 1.41 bits per heavy atom. The first-order valence-electron chi connectivity index (χ1n) is 22.4. The van der Waals surface area contributed by atoms with Crippen LogP contribution in [0.15, 0.2) is 237 Å². The van der Waals surface area contributed by atoms with Crippen LogP contribution in [0.25, 0.3) is 105 Å². The molecule has 0 spiro atoms. The number of rotatable bonds is 8. The highest BCUT2D eigenvalue weighted by Crippen LogP contribution is 2.46. The van der Waals surface area contributed by atoms with Gasteiger partial charge in [-0.15, -0.1) is 0 Å². The monoisotopic (exact) mass is 841 g/mol. The quantitative estimate of drug-likeness (QED) is 0.143. The second-order valence-corrected chi connectivity index (χ2v) is 16.8. The number of nitrogens with zero attached hydrogens (tertiary/aromatic N) is 5. The van der Waals surface area contributed by atoms with E-state index in [-0.39, 0.29) is 0 Å². The van der Waals surface area contributed by atoms with Crippen LogP contribution >= 0.6 is 0 Å². The van der Waals surface area contributed by atoms with Crippen molar-refractivity contribution in [3.05, 3.63) is 237 Å². The molecule has 0 radical (unpaired) electrons. The van der Waals surface area contributed by atoms with Crippen molar-refractivity contribution in [1.82, 2.24) is 19.5 Å². The van der Waals surface area contributed by atoms with E-state index in [1.165, 1.54) is 59.7 Å². The Morgan fingerprint density at radius 1 is 0.318 bits per heavy atom. The summed E-state index contributed by atoms with van der Waals surface area (Å²) in [6.07, 6.45) is 0. The molecule has 0 saturated heterocycles. The van der Waals surface area contributed by atoms with E-state index >= 15 is 0 Å². The van der Waals surface area contributed by atoms with Gasteiger partial charge in [0.25, 0.3) is 0 Å². The lowest BCUT2D eigenvalue weighted by molar-refractivity contribution is 1.07. The van der Waals surface area contributed by atoms with E-state index in [2.05, 4.69) is 210 Å². The van der Waals surface area contributed by atoms with E-state index in [1.807, 2.05) is 36.4 Å². The largest absolute Gasteiger partial charge is 0.311 e. The van der Waals surface area contributed by atoms with Crippen molar-refractivity contribution in [2.75, 3.05) is 4.90 Å². The molecule has 0 atom stereocenters. The van der Waals surface area contributed by atoms with Crippen molar-refractivity contribution in [3.63, 3.8) is 0 Å². The summed E-state index contributed by atoms with van der Waals surface area (Å²) in [6, 6.07) is 84.1. The maximum absolute atomic E-state index is 5.11. The van der Waals surface area contributed by atoms with Gasteiger partial charge < -0.3 is 9.47 Å². The Labute approximate surface area is 381 Å². The molecule has 308 valence electrons. The highest BCUT2D eigenvalue weighted by atomic mass is 15.1. The van der Waals surface area contributed by atoms with Crippen LogP contribution in [0, 0.1) is 0 Å². The molecule has 0 amide bonds. The molecule has 0 aliphatic rings. The minimum absolute atomic E-state index is 0.630. The lowest BCUT2D eigenvalue weighted by Crippen LogP contribution is -2.09. The summed E-state index contributed by atoms with van der Waals surface area (Å²) in [5, 5.41) is 9.83. The molecule has 5 nitrogen and oxygen atoms in total. The highest BCUT2D eigenvalue weighted by molar-refractivity contribution is 6.33. The number of aromatic nitrogens is 4. The highest BCUT2D eigenvalue weighted by Gasteiger charge is 2.22. The Hall–Kier alpha value is -8.93. The van der Waals surface area contributed by atoms with E-state index in [1.54, 1.807) is 0 Å². The molecule has 0 bridgehead atoms. The van der Waals surface area contributed by atoms with Crippen LogP contribution in [0.5, 0.6) is 0 Å². The molecule has 13 aromatic rings. The molecule has 0 aliphatic heterocycles. The van der Waals surface area contributed by atoms with Crippen molar-refractivity contribution in [1.29, 1.82) is 0 Å². The smallest absolute Gasteiger partial charge is 0.164 e. The summed E-state index contributed by atoms with van der Waals surface area (Å²) in [5.41, 5.74) is 11.9. The summed E-state index contributed by atoms with van der Waals surface area (Å²) in [6.45, 7) is 0. The topological polar surface area (TPSA) is 46.8 Å². The van der Waals surface area contributed by atoms with Gasteiger partial charge in [0.1, 0.15) is 0 Å². The Morgan fingerprint density at radius 2 is 0.788 bits per heavy atom. The van der Waals surface area contributed by atoms with E-state index in [4.69, 9.17) is 15.0 Å². The summed E-state index contributed by atoms with van der Waals surface area (Å²) >= 11 is 0. The minimum Gasteiger partial charge on any atom is -0.311 e. The van der Waals surface area contributed by atoms with Crippen LogP contribution in [0.4, 0.5) is 17.1 Å². The third-order valence-corrected chi connectivity index (χ3v) is 12.9. The summed E-state index contributed by atoms with van der Waals surface area (Å²) in [5.74, 6) is 1.91. The average molecular weight is 842 g/mol. The van der Waals surface area contributed by atoms with Gasteiger partial charge in [-0.25, -0.2) is 15.0 Å². The Bertz CT molecular complexity index is 3790. The van der Waals surface area contributed by atoms with Gasteiger partial charge in [-0.3, -0.25) is 0 Å². The molecule has 0 saturated carbocycles. The van der Waals surface area contributed by atoms with Gasteiger partial charge >= 0.3 is 0 Å². The number of para-hydroxylation sites is 3. The summed E-state index contributed by atoms with van der Waals surface area (Å²) in [7, 11) is 0. The fourth-order valence-corrected chi connectivity index (χ4v) is 9.94. The van der Waals surface area contributed by atoms with Crippen LogP contribution in [0.2, 0.25) is 0 Å². The summed E-state index contributed by atoms with van der Waals surface area (Å²) in [4.78, 5) is 17.5. The molecule has 5 heteroatoms. The van der Waals surface area contributed by atoms with E-state index in [0.29, 0.717) is 17.5 Å². The fraction of sp³-hybridized carbons (Fsp3) is 0. The molecule has 0 N–H and O–H groups in total. The van der Waals surface area contributed by atoms with Gasteiger partial charge in [0.2, 0.25) is 0 Å². The molecule has 0 aliphatic carbocycles. The van der Waals surface area contributed by atoms with Crippen LogP contribution < -0.4 is 4.90 Å². The molecule has 0 fully saturated rings. The van der Waals surface area contributed by atoms with Crippen molar-refractivity contribution in [3.8, 4) is 51.0 Å². The van der Waals surface area contributed by atoms with Crippen molar-refractivity contribution >= 4 is 71.2 Å². The molecular formula is C61H39N5. The van der Waals surface area contributed by atoms with Crippen molar-refractivity contribution < 1.29 is 0 Å². The first-order valence-corrected chi connectivity index (χ1v) is 22.4. The Kier molecular flexibility index (Phi) is 8.78. The van der Waals surface area contributed by atoms with E-state index in [0.717, 1.165) is 45.0 Å². The normalized spacial score (nSPS) is 11.6. The lowest BCUT2D eigenvalue weighted by Gasteiger charge is -2.25. The zero-order valence-electron chi connectivity index (χ0n) is 35.8. The second-order valence-electron chi connectivity index (χ2n) is 16.8. The zero-order chi connectivity index (χ0) is 43.6. The van der Waals surface area contributed by atoms with Gasteiger partial charge in [0.15, 0.2) is 17.5 Å². The molecule has 0 unspecified atom stereocenters. The van der Waals surface area contributed by atoms with E-state index in [9.17, 15) is 0 Å². The molecule has 66 heavy (non-hydrogen) atoms. The number of hydrogen-bond acceptors (Lipinski definition) is 4. The number of anilines is 3. The summed E-state index contributed by atoms with van der Waals surface area (Å²) < 4.78 is 2.43. The van der Waals surface area contributed by atoms with Crippen molar-refractivity contribution in [2.24, 2.45) is 0 Å². The molecule has 2 heterocycles. The third kappa shape index (κ3) is 6.21. The van der Waals surface area contributed by atoms with Gasteiger partial charge in [-0.2, -0.15) is 0 Å². The van der Waals surface area contributed by atoms with Gasteiger partial charge in [-0.05, 0) is 98.7 Å². The fourth-order valence-electron chi connectivity index (χ4n) is 9.94. The van der Waals surface area contributed by atoms with Gasteiger partial charge in [0.05, 0.1) is 11.0 Å². The van der Waals surface area contributed by atoms with Gasteiger partial charge in [-0.1, -0.05) is 176 Å². The number of hydrogen-bond donors (Lipinski definition) is 0. The second kappa shape index (κ2) is 15.4. The maximum Gasteiger partial charge on any atom is 0.164 e. The van der Waals surface area contributed by atoms with Crippen LogP contribution in [-0.4, -0.2) is 19.5 Å². The lowest BCUT2D eigenvalue weighted by atomic mass is 9.89. The first-order chi connectivity index (χ1) is 32.7. The standard InChI is InChI=1S/C61H39N5/c1-6-16-42(17-7-1)59-62-60(43-18-8-2-9-19-43)64-61(63-59)45-31-35-51-54-38-44-30-36-52-50(40-26-32-49(33-27-40)65(46-20-10-3-11-21-46)47-22-12-4-13-23-47)34-28-41-29-37-53(57(44)56(41)52)58(54)66(55(51)39-45)48-24-14-5-15-25-48/h1-39H. The third-order valence-electron chi connectivity index (χ3n) is 12.9. The van der Waals surface area contributed by atoms with Crippen molar-refractivity contribution in [2.45, 2.75) is 0 Å².